The number of hydrogen-bond donors (Lipinski definition) is 0. The summed E-state index contributed by atoms with van der Waals surface area (Å²) in [6.45, 7) is 1.85. The Hall–Kier alpha value is -2.12. The van der Waals surface area contributed by atoms with Crippen molar-refractivity contribution in [3.05, 3.63) is 10.6 Å². The minimum atomic E-state index is -0.515. The van der Waals surface area contributed by atoms with Gasteiger partial charge in [0.15, 0.2) is 10.8 Å². The molecule has 0 aliphatic heterocycles. The van der Waals surface area contributed by atoms with E-state index in [-0.39, 0.29) is 18.8 Å². The Morgan fingerprint density at radius 1 is 1.47 bits per heavy atom. The third kappa shape index (κ3) is 2.92. The molecule has 0 saturated carbocycles. The number of nitrogens with zero attached hydrogens (tertiary/aromatic N) is 4. The number of aryl methyl sites for hydroxylation is 1. The molecule has 0 atom stereocenters. The lowest BCUT2D eigenvalue weighted by atomic mass is 10.4. The summed E-state index contributed by atoms with van der Waals surface area (Å²) in [5.74, 6) is -0.515. The molecule has 0 unspecified atom stereocenters. The maximum absolute atomic E-state index is 11.4. The molecule has 0 aromatic carbocycles. The minimum Gasteiger partial charge on any atom is -0.464 e. The molecule has 0 amide bonds. The van der Waals surface area contributed by atoms with Gasteiger partial charge in [-0.2, -0.15) is 10.5 Å². The van der Waals surface area contributed by atoms with Crippen molar-refractivity contribution in [3.63, 3.8) is 0 Å². The molecule has 1 heterocycles. The summed E-state index contributed by atoms with van der Waals surface area (Å²) in [4.78, 5) is 17.7. The van der Waals surface area contributed by atoms with Gasteiger partial charge in [0.25, 0.3) is 0 Å². The number of rotatable bonds is 4. The van der Waals surface area contributed by atoms with Crippen molar-refractivity contribution in [1.82, 2.24) is 4.98 Å². The maximum atomic E-state index is 11.4. The van der Waals surface area contributed by atoms with Gasteiger partial charge in [-0.15, -0.1) is 11.3 Å². The van der Waals surface area contributed by atoms with Crippen molar-refractivity contribution >= 4 is 22.4 Å². The van der Waals surface area contributed by atoms with E-state index in [1.165, 1.54) is 23.3 Å². The van der Waals surface area contributed by atoms with Crippen LogP contribution in [0.15, 0.2) is 0 Å². The molecule has 17 heavy (non-hydrogen) atoms. The van der Waals surface area contributed by atoms with E-state index in [0.29, 0.717) is 10.0 Å². The van der Waals surface area contributed by atoms with Crippen LogP contribution in [0.3, 0.4) is 0 Å². The Morgan fingerprint density at radius 2 is 2.06 bits per heavy atom. The fraction of sp³-hybridized carbons (Fsp3) is 0.400. The zero-order valence-corrected chi connectivity index (χ0v) is 10.2. The number of aromatic nitrogens is 1. The molecule has 1 aromatic heterocycles. The van der Waals surface area contributed by atoms with Gasteiger partial charge in [0.1, 0.15) is 13.1 Å². The standard InChI is InChI=1S/C10H10N4O2S/c1-7-8(9(15)16-2)13-10(17-7)14(5-3-11)6-4-12/h5-6H2,1-2H3. The van der Waals surface area contributed by atoms with E-state index in [0.717, 1.165) is 0 Å². The third-order valence-corrected chi connectivity index (χ3v) is 2.99. The highest BCUT2D eigenvalue weighted by atomic mass is 32.1. The Labute approximate surface area is 103 Å². The zero-order valence-electron chi connectivity index (χ0n) is 9.43. The number of methoxy groups -OCH3 is 1. The second kappa shape index (κ2) is 5.83. The van der Waals surface area contributed by atoms with Crippen LogP contribution in [-0.2, 0) is 4.74 Å². The van der Waals surface area contributed by atoms with Crippen LogP contribution in [0.1, 0.15) is 15.4 Å². The van der Waals surface area contributed by atoms with Crippen LogP contribution in [0.5, 0.6) is 0 Å². The molecule has 88 valence electrons. The number of thiazole rings is 1. The van der Waals surface area contributed by atoms with E-state index in [1.54, 1.807) is 6.92 Å². The van der Waals surface area contributed by atoms with Crippen molar-refractivity contribution in [2.75, 3.05) is 25.1 Å². The molecule has 0 aliphatic carbocycles. The van der Waals surface area contributed by atoms with E-state index in [1.807, 2.05) is 12.1 Å². The molecule has 0 bridgehead atoms. The summed E-state index contributed by atoms with van der Waals surface area (Å²) in [5, 5.41) is 17.8. The third-order valence-electron chi connectivity index (χ3n) is 1.96. The molecule has 0 N–H and O–H groups in total. The van der Waals surface area contributed by atoms with Gasteiger partial charge in [0.2, 0.25) is 0 Å². The number of nitriles is 2. The van der Waals surface area contributed by atoms with Gasteiger partial charge in [-0.05, 0) is 6.92 Å². The lowest BCUT2D eigenvalue weighted by molar-refractivity contribution is 0.0594. The molecule has 1 rings (SSSR count). The lowest BCUT2D eigenvalue weighted by Gasteiger charge is -2.12. The molecule has 0 aliphatic rings. The highest BCUT2D eigenvalue weighted by Crippen LogP contribution is 2.25. The Bertz CT molecular complexity index is 481. The summed E-state index contributed by atoms with van der Waals surface area (Å²) < 4.78 is 4.59. The molecule has 7 heteroatoms. The zero-order chi connectivity index (χ0) is 12.8. The first-order chi connectivity index (χ1) is 8.13. The predicted octanol–water partition coefficient (Wildman–Crippen LogP) is 1.09. The fourth-order valence-corrected chi connectivity index (χ4v) is 2.06. The summed E-state index contributed by atoms with van der Waals surface area (Å²) in [6.07, 6.45) is 0. The van der Waals surface area contributed by atoms with Crippen molar-refractivity contribution in [2.24, 2.45) is 0 Å². The topological polar surface area (TPSA) is 90.0 Å². The maximum Gasteiger partial charge on any atom is 0.357 e. The van der Waals surface area contributed by atoms with Crippen molar-refractivity contribution in [3.8, 4) is 12.1 Å². The summed E-state index contributed by atoms with van der Waals surface area (Å²) in [7, 11) is 1.28. The van der Waals surface area contributed by atoms with Gasteiger partial charge in [0, 0.05) is 4.88 Å². The smallest absolute Gasteiger partial charge is 0.357 e. The normalized spacial score (nSPS) is 9.18. The number of carbonyl (C=O) groups is 1. The average Bonchev–Trinajstić information content (AvgIpc) is 2.70. The highest BCUT2D eigenvalue weighted by molar-refractivity contribution is 7.15. The second-order valence-electron chi connectivity index (χ2n) is 3.07. The van der Waals surface area contributed by atoms with Gasteiger partial charge in [-0.3, -0.25) is 0 Å². The Morgan fingerprint density at radius 3 is 2.53 bits per heavy atom. The minimum absolute atomic E-state index is 0.0567. The molecule has 1 aromatic rings. The van der Waals surface area contributed by atoms with Crippen LogP contribution in [0.25, 0.3) is 0 Å². The average molecular weight is 250 g/mol. The number of carbonyl (C=O) groups excluding carboxylic acids is 1. The molecule has 6 nitrogen and oxygen atoms in total. The molecule has 0 spiro atoms. The van der Waals surface area contributed by atoms with E-state index in [2.05, 4.69) is 9.72 Å². The molecule has 0 fully saturated rings. The van der Waals surface area contributed by atoms with E-state index >= 15 is 0 Å². The SMILES string of the molecule is COC(=O)c1nc(N(CC#N)CC#N)sc1C. The molecule has 0 saturated heterocycles. The van der Waals surface area contributed by atoms with Crippen LogP contribution in [0.4, 0.5) is 5.13 Å². The summed E-state index contributed by atoms with van der Waals surface area (Å²) >= 11 is 1.26. The van der Waals surface area contributed by atoms with Gasteiger partial charge in [0.05, 0.1) is 19.2 Å². The molecule has 0 radical (unpaired) electrons. The quantitative estimate of drug-likeness (QED) is 0.587. The lowest BCUT2D eigenvalue weighted by Crippen LogP contribution is -2.23. The van der Waals surface area contributed by atoms with E-state index in [4.69, 9.17) is 10.5 Å². The van der Waals surface area contributed by atoms with Gasteiger partial charge < -0.3 is 9.64 Å². The molecular weight excluding hydrogens is 240 g/mol. The number of hydrogen-bond acceptors (Lipinski definition) is 7. The number of anilines is 1. The Kier molecular flexibility index (Phi) is 4.44. The Balaban J connectivity index is 3.03. The monoisotopic (exact) mass is 250 g/mol. The first-order valence-electron chi connectivity index (χ1n) is 4.68. The van der Waals surface area contributed by atoms with Gasteiger partial charge in [-0.25, -0.2) is 9.78 Å². The van der Waals surface area contributed by atoms with Gasteiger partial charge >= 0.3 is 5.97 Å². The van der Waals surface area contributed by atoms with Crippen molar-refractivity contribution < 1.29 is 9.53 Å². The van der Waals surface area contributed by atoms with Gasteiger partial charge in [-0.1, -0.05) is 0 Å². The van der Waals surface area contributed by atoms with E-state index < -0.39 is 5.97 Å². The molecular formula is C10H10N4O2S. The first kappa shape index (κ1) is 12.9. The van der Waals surface area contributed by atoms with Crippen LogP contribution < -0.4 is 4.90 Å². The van der Waals surface area contributed by atoms with Crippen molar-refractivity contribution in [2.45, 2.75) is 6.92 Å². The van der Waals surface area contributed by atoms with E-state index in [9.17, 15) is 4.79 Å². The summed E-state index contributed by atoms with van der Waals surface area (Å²) in [5.41, 5.74) is 0.230. The largest absolute Gasteiger partial charge is 0.464 e. The van der Waals surface area contributed by atoms with Crippen LogP contribution in [0.2, 0.25) is 0 Å². The fourth-order valence-electron chi connectivity index (χ4n) is 1.17. The number of esters is 1. The predicted molar refractivity (Wildman–Crippen MR) is 61.6 cm³/mol. The number of ether oxygens (including phenoxy) is 1. The first-order valence-corrected chi connectivity index (χ1v) is 5.50. The van der Waals surface area contributed by atoms with Crippen molar-refractivity contribution in [1.29, 1.82) is 10.5 Å². The van der Waals surface area contributed by atoms with Crippen LogP contribution in [0, 0.1) is 29.6 Å². The van der Waals surface area contributed by atoms with Crippen LogP contribution >= 0.6 is 11.3 Å². The summed E-state index contributed by atoms with van der Waals surface area (Å²) in [6, 6.07) is 3.90. The highest BCUT2D eigenvalue weighted by Gasteiger charge is 2.19. The van der Waals surface area contributed by atoms with Crippen LogP contribution in [-0.4, -0.2) is 31.2 Å². The second-order valence-corrected chi connectivity index (χ2v) is 4.25.